The molecule has 0 radical (unpaired) electrons. The second kappa shape index (κ2) is 8.91. The molecule has 0 aromatic heterocycles. The van der Waals surface area contributed by atoms with Gasteiger partial charge >= 0.3 is 0 Å². The summed E-state index contributed by atoms with van der Waals surface area (Å²) in [5, 5.41) is 3.14. The SMILES string of the molecule is Cc1c(Cl)cccc1N(CCNC(=O)COc1ccccc1)S(C)(=O)=O. The fraction of sp³-hybridized carbons (Fsp3) is 0.278. The van der Waals surface area contributed by atoms with Gasteiger partial charge in [0.1, 0.15) is 5.75 Å². The van der Waals surface area contributed by atoms with Gasteiger partial charge < -0.3 is 10.1 Å². The lowest BCUT2D eigenvalue weighted by Gasteiger charge is -2.24. The van der Waals surface area contributed by atoms with Crippen LogP contribution in [0.25, 0.3) is 0 Å². The van der Waals surface area contributed by atoms with Crippen LogP contribution in [0.1, 0.15) is 5.56 Å². The maximum absolute atomic E-state index is 12.1. The average Bonchev–Trinajstić information content (AvgIpc) is 2.60. The predicted octanol–water partition coefficient (Wildman–Crippen LogP) is 2.61. The van der Waals surface area contributed by atoms with E-state index in [2.05, 4.69) is 5.32 Å². The number of rotatable bonds is 8. The van der Waals surface area contributed by atoms with E-state index < -0.39 is 10.0 Å². The Kier molecular flexibility index (Phi) is 6.88. The summed E-state index contributed by atoms with van der Waals surface area (Å²) in [5.74, 6) is 0.264. The number of carbonyl (C=O) groups excluding carboxylic acids is 1. The number of nitrogens with one attached hydrogen (secondary N) is 1. The van der Waals surface area contributed by atoms with Crippen LogP contribution < -0.4 is 14.4 Å². The van der Waals surface area contributed by atoms with Crippen molar-refractivity contribution in [2.45, 2.75) is 6.92 Å². The summed E-state index contributed by atoms with van der Waals surface area (Å²) in [6.07, 6.45) is 1.12. The number of para-hydroxylation sites is 1. The van der Waals surface area contributed by atoms with E-state index in [1.54, 1.807) is 37.3 Å². The first kappa shape index (κ1) is 20.1. The second-order valence-electron chi connectivity index (χ2n) is 5.67. The number of halogens is 1. The van der Waals surface area contributed by atoms with E-state index in [-0.39, 0.29) is 25.6 Å². The summed E-state index contributed by atoms with van der Waals surface area (Å²) >= 11 is 6.08. The fourth-order valence-electron chi connectivity index (χ4n) is 2.34. The maximum Gasteiger partial charge on any atom is 0.258 e. The molecule has 1 N–H and O–H groups in total. The molecule has 8 heteroatoms. The minimum Gasteiger partial charge on any atom is -0.484 e. The minimum absolute atomic E-state index is 0.0943. The molecular weight excluding hydrogens is 376 g/mol. The lowest BCUT2D eigenvalue weighted by atomic mass is 10.2. The number of nitrogens with zero attached hydrogens (tertiary/aromatic N) is 1. The van der Waals surface area contributed by atoms with Crippen LogP contribution in [0.3, 0.4) is 0 Å². The summed E-state index contributed by atoms with van der Waals surface area (Å²) in [5.41, 5.74) is 1.16. The molecule has 0 aliphatic rings. The molecule has 0 saturated carbocycles. The van der Waals surface area contributed by atoms with Crippen LogP contribution in [0, 0.1) is 6.92 Å². The Morgan fingerprint density at radius 2 is 1.85 bits per heavy atom. The highest BCUT2D eigenvalue weighted by Gasteiger charge is 2.20. The van der Waals surface area contributed by atoms with E-state index in [9.17, 15) is 13.2 Å². The van der Waals surface area contributed by atoms with Gasteiger partial charge in [-0.2, -0.15) is 0 Å². The Balaban J connectivity index is 1.94. The number of amides is 1. The number of anilines is 1. The normalized spacial score (nSPS) is 11.0. The van der Waals surface area contributed by atoms with Gasteiger partial charge in [0.05, 0.1) is 18.5 Å². The van der Waals surface area contributed by atoms with Gasteiger partial charge in [0.15, 0.2) is 6.61 Å². The first-order valence-corrected chi connectivity index (χ1v) is 10.2. The molecule has 0 fully saturated rings. The number of benzene rings is 2. The Bertz CT molecular complexity index is 857. The standard InChI is InChI=1S/C18H21ClN2O4S/c1-14-16(19)9-6-10-17(14)21(26(2,23)24)12-11-20-18(22)13-25-15-7-4-3-5-8-15/h3-10H,11-13H2,1-2H3,(H,20,22). The van der Waals surface area contributed by atoms with Crippen molar-refractivity contribution in [3.05, 3.63) is 59.1 Å². The summed E-state index contributed by atoms with van der Waals surface area (Å²) in [7, 11) is -3.52. The summed E-state index contributed by atoms with van der Waals surface area (Å²) in [4.78, 5) is 11.9. The van der Waals surface area contributed by atoms with Gasteiger partial charge in [0.2, 0.25) is 10.0 Å². The molecule has 6 nitrogen and oxygen atoms in total. The predicted molar refractivity (Wildman–Crippen MR) is 103 cm³/mol. The van der Waals surface area contributed by atoms with Crippen LogP contribution in [-0.2, 0) is 14.8 Å². The molecule has 0 saturated heterocycles. The van der Waals surface area contributed by atoms with Crippen molar-refractivity contribution in [1.29, 1.82) is 0 Å². The number of sulfonamides is 1. The Labute approximate surface area is 158 Å². The third-order valence-electron chi connectivity index (χ3n) is 3.66. The molecule has 2 rings (SSSR count). The number of ether oxygens (including phenoxy) is 1. The van der Waals surface area contributed by atoms with Crippen LogP contribution in [0.5, 0.6) is 5.75 Å². The molecule has 0 atom stereocenters. The smallest absolute Gasteiger partial charge is 0.258 e. The third-order valence-corrected chi connectivity index (χ3v) is 5.25. The van der Waals surface area contributed by atoms with E-state index in [4.69, 9.17) is 16.3 Å². The molecule has 26 heavy (non-hydrogen) atoms. The van der Waals surface area contributed by atoms with Gasteiger partial charge in [-0.05, 0) is 36.8 Å². The van der Waals surface area contributed by atoms with Crippen LogP contribution in [0.15, 0.2) is 48.5 Å². The maximum atomic E-state index is 12.1. The zero-order chi connectivity index (χ0) is 19.2. The summed E-state index contributed by atoms with van der Waals surface area (Å²) in [6, 6.07) is 14.0. The Hall–Kier alpha value is -2.25. The third kappa shape index (κ3) is 5.64. The number of hydrogen-bond donors (Lipinski definition) is 1. The molecule has 0 bridgehead atoms. The van der Waals surface area contributed by atoms with Crippen LogP contribution >= 0.6 is 11.6 Å². The molecule has 0 aliphatic carbocycles. The zero-order valence-corrected chi connectivity index (χ0v) is 16.2. The van der Waals surface area contributed by atoms with Crippen LogP contribution in [0.2, 0.25) is 5.02 Å². The van der Waals surface area contributed by atoms with Crippen molar-refractivity contribution in [2.24, 2.45) is 0 Å². The minimum atomic E-state index is -3.52. The topological polar surface area (TPSA) is 75.7 Å². The van der Waals surface area contributed by atoms with Gasteiger partial charge in [0, 0.05) is 11.6 Å². The van der Waals surface area contributed by atoms with E-state index >= 15 is 0 Å². The highest BCUT2D eigenvalue weighted by Crippen LogP contribution is 2.27. The van der Waals surface area contributed by atoms with Crippen molar-refractivity contribution >= 4 is 33.2 Å². The van der Waals surface area contributed by atoms with Crippen molar-refractivity contribution in [3.8, 4) is 5.75 Å². The largest absolute Gasteiger partial charge is 0.484 e. The van der Waals surface area contributed by atoms with Crippen LogP contribution in [0.4, 0.5) is 5.69 Å². The highest BCUT2D eigenvalue weighted by atomic mass is 35.5. The molecule has 2 aromatic carbocycles. The molecule has 140 valence electrons. The molecule has 0 spiro atoms. The molecule has 0 aliphatic heterocycles. The quantitative estimate of drug-likeness (QED) is 0.744. The van der Waals surface area contributed by atoms with E-state index in [1.165, 1.54) is 4.31 Å². The van der Waals surface area contributed by atoms with Gasteiger partial charge in [-0.1, -0.05) is 35.9 Å². The Morgan fingerprint density at radius 3 is 2.50 bits per heavy atom. The van der Waals surface area contributed by atoms with Crippen molar-refractivity contribution < 1.29 is 17.9 Å². The number of hydrogen-bond acceptors (Lipinski definition) is 4. The zero-order valence-electron chi connectivity index (χ0n) is 14.6. The summed E-state index contributed by atoms with van der Waals surface area (Å²) < 4.78 is 30.8. The lowest BCUT2D eigenvalue weighted by Crippen LogP contribution is -2.39. The molecule has 0 heterocycles. The first-order valence-electron chi connectivity index (χ1n) is 7.96. The van der Waals surface area contributed by atoms with Crippen molar-refractivity contribution in [1.82, 2.24) is 5.32 Å². The molecular formula is C18H21ClN2O4S. The van der Waals surface area contributed by atoms with E-state index in [0.29, 0.717) is 22.0 Å². The number of carbonyl (C=O) groups is 1. The van der Waals surface area contributed by atoms with Crippen molar-refractivity contribution in [3.63, 3.8) is 0 Å². The van der Waals surface area contributed by atoms with E-state index in [1.807, 2.05) is 18.2 Å². The average molecular weight is 397 g/mol. The van der Waals surface area contributed by atoms with Gasteiger partial charge in [-0.3, -0.25) is 9.10 Å². The fourth-order valence-corrected chi connectivity index (χ4v) is 3.49. The van der Waals surface area contributed by atoms with Crippen molar-refractivity contribution in [2.75, 3.05) is 30.3 Å². The second-order valence-corrected chi connectivity index (χ2v) is 7.98. The summed E-state index contributed by atoms with van der Waals surface area (Å²) in [6.45, 7) is 1.86. The van der Waals surface area contributed by atoms with Gasteiger partial charge in [0.25, 0.3) is 5.91 Å². The molecule has 2 aromatic rings. The van der Waals surface area contributed by atoms with E-state index in [0.717, 1.165) is 6.26 Å². The Morgan fingerprint density at radius 1 is 1.15 bits per heavy atom. The first-order chi connectivity index (χ1) is 12.3. The highest BCUT2D eigenvalue weighted by molar-refractivity contribution is 7.92. The lowest BCUT2D eigenvalue weighted by molar-refractivity contribution is -0.123. The monoisotopic (exact) mass is 396 g/mol. The molecule has 0 unspecified atom stereocenters. The van der Waals surface area contributed by atoms with Crippen LogP contribution in [-0.4, -0.2) is 40.3 Å². The van der Waals surface area contributed by atoms with Gasteiger partial charge in [-0.15, -0.1) is 0 Å². The molecule has 1 amide bonds. The van der Waals surface area contributed by atoms with Gasteiger partial charge in [-0.25, -0.2) is 8.42 Å².